The molecule has 2 rings (SSSR count). The van der Waals surface area contributed by atoms with E-state index < -0.39 is 0 Å². The van der Waals surface area contributed by atoms with Crippen LogP contribution in [0.25, 0.3) is 0 Å². The molecule has 1 aliphatic heterocycles. The van der Waals surface area contributed by atoms with E-state index in [1.807, 2.05) is 12.1 Å². The Morgan fingerprint density at radius 1 is 1.29 bits per heavy atom. The summed E-state index contributed by atoms with van der Waals surface area (Å²) in [5, 5.41) is 8.72. The van der Waals surface area contributed by atoms with Crippen LogP contribution in [0, 0.1) is 11.3 Å². The summed E-state index contributed by atoms with van der Waals surface area (Å²) >= 11 is 0. The molecule has 4 nitrogen and oxygen atoms in total. The summed E-state index contributed by atoms with van der Waals surface area (Å²) in [5.74, 6) is 0. The van der Waals surface area contributed by atoms with Crippen LogP contribution in [0.3, 0.4) is 0 Å². The monoisotopic (exact) mass is 230 g/mol. The first-order valence-corrected chi connectivity index (χ1v) is 5.95. The van der Waals surface area contributed by atoms with Gasteiger partial charge in [-0.2, -0.15) is 5.26 Å². The highest BCUT2D eigenvalue weighted by atomic mass is 15.3. The van der Waals surface area contributed by atoms with Gasteiger partial charge in [-0.25, -0.2) is 4.98 Å². The zero-order valence-electron chi connectivity index (χ0n) is 10.6. The van der Waals surface area contributed by atoms with E-state index in [9.17, 15) is 0 Å². The first-order valence-electron chi connectivity index (χ1n) is 5.95. The maximum absolute atomic E-state index is 8.72. The predicted molar refractivity (Wildman–Crippen MR) is 67.9 cm³/mol. The Labute approximate surface area is 102 Å². The van der Waals surface area contributed by atoms with E-state index in [-0.39, 0.29) is 0 Å². The second kappa shape index (κ2) is 4.72. The molecule has 0 aliphatic carbocycles. The molecule has 0 aromatic carbocycles. The van der Waals surface area contributed by atoms with Gasteiger partial charge in [0.2, 0.25) is 0 Å². The third-order valence-electron chi connectivity index (χ3n) is 3.59. The van der Waals surface area contributed by atoms with Crippen molar-refractivity contribution in [2.45, 2.75) is 25.9 Å². The van der Waals surface area contributed by atoms with Gasteiger partial charge in [-0.15, -0.1) is 0 Å². The molecule has 4 heteroatoms. The first-order chi connectivity index (χ1) is 8.11. The normalized spacial score (nSPS) is 25.6. The number of nitriles is 1. The zero-order valence-corrected chi connectivity index (χ0v) is 10.6. The molecule has 0 radical (unpaired) electrons. The highest BCUT2D eigenvalue weighted by molar-refractivity contribution is 5.46. The van der Waals surface area contributed by atoms with Crippen molar-refractivity contribution in [3.63, 3.8) is 0 Å². The van der Waals surface area contributed by atoms with E-state index in [1.54, 1.807) is 12.3 Å². The molecule has 90 valence electrons. The second-order valence-electron chi connectivity index (χ2n) is 4.78. The highest BCUT2D eigenvalue weighted by Gasteiger charge is 2.26. The van der Waals surface area contributed by atoms with Crippen LogP contribution in [-0.4, -0.2) is 42.1 Å². The molecule has 2 heterocycles. The molecule has 1 saturated heterocycles. The molecule has 17 heavy (non-hydrogen) atoms. The van der Waals surface area contributed by atoms with Crippen molar-refractivity contribution < 1.29 is 0 Å². The molecule has 1 aromatic heterocycles. The van der Waals surface area contributed by atoms with Crippen LogP contribution >= 0.6 is 0 Å². The van der Waals surface area contributed by atoms with E-state index in [2.05, 4.69) is 35.7 Å². The molecule has 0 amide bonds. The highest BCUT2D eigenvalue weighted by Crippen LogP contribution is 2.20. The van der Waals surface area contributed by atoms with E-state index in [0.717, 1.165) is 18.8 Å². The third-order valence-corrected chi connectivity index (χ3v) is 3.59. The molecule has 2 atom stereocenters. The average Bonchev–Trinajstić information content (AvgIpc) is 2.35. The molecule has 2 unspecified atom stereocenters. The Morgan fingerprint density at radius 2 is 1.94 bits per heavy atom. The Morgan fingerprint density at radius 3 is 2.41 bits per heavy atom. The number of anilines is 1. The van der Waals surface area contributed by atoms with Gasteiger partial charge in [-0.3, -0.25) is 4.90 Å². The summed E-state index contributed by atoms with van der Waals surface area (Å²) in [6.45, 7) is 6.49. The minimum absolute atomic E-state index is 0.476. The lowest BCUT2D eigenvalue weighted by molar-refractivity contribution is 0.170. The first kappa shape index (κ1) is 11.9. The molecule has 0 spiro atoms. The fourth-order valence-electron chi connectivity index (χ4n) is 2.25. The number of hydrogen-bond donors (Lipinski definition) is 0. The zero-order chi connectivity index (χ0) is 12.4. The summed E-state index contributed by atoms with van der Waals surface area (Å²) in [6.07, 6.45) is 1.79. The molecule has 1 fully saturated rings. The summed E-state index contributed by atoms with van der Waals surface area (Å²) in [7, 11) is 2.17. The van der Waals surface area contributed by atoms with Crippen LogP contribution in [-0.2, 0) is 0 Å². The molecule has 0 bridgehead atoms. The summed E-state index contributed by atoms with van der Waals surface area (Å²) in [4.78, 5) is 8.86. The van der Waals surface area contributed by atoms with Crippen LogP contribution in [0.1, 0.15) is 19.5 Å². The van der Waals surface area contributed by atoms with Crippen LogP contribution in [0.5, 0.6) is 0 Å². The van der Waals surface area contributed by atoms with Crippen molar-refractivity contribution in [2.24, 2.45) is 0 Å². The number of piperazine rings is 1. The maximum Gasteiger partial charge on any atom is 0.140 e. The lowest BCUT2D eigenvalue weighted by Crippen LogP contribution is -2.55. The van der Waals surface area contributed by atoms with Crippen molar-refractivity contribution in [3.05, 3.63) is 24.0 Å². The Balaban J connectivity index is 2.15. The summed E-state index contributed by atoms with van der Waals surface area (Å²) in [6, 6.07) is 6.88. The van der Waals surface area contributed by atoms with Crippen molar-refractivity contribution in [3.8, 4) is 6.07 Å². The smallest absolute Gasteiger partial charge is 0.140 e. The van der Waals surface area contributed by atoms with Gasteiger partial charge in [0.05, 0.1) is 11.9 Å². The average molecular weight is 230 g/mol. The van der Waals surface area contributed by atoms with Gasteiger partial charge >= 0.3 is 0 Å². The number of aromatic nitrogens is 1. The molecular formula is C13H18N4. The van der Waals surface area contributed by atoms with Gasteiger partial charge in [0.1, 0.15) is 11.8 Å². The number of pyridine rings is 1. The van der Waals surface area contributed by atoms with Gasteiger partial charge in [0, 0.05) is 25.2 Å². The van der Waals surface area contributed by atoms with Crippen molar-refractivity contribution in [2.75, 3.05) is 25.0 Å². The summed E-state index contributed by atoms with van der Waals surface area (Å²) in [5.41, 5.74) is 1.58. The Hall–Kier alpha value is -1.60. The fourth-order valence-corrected chi connectivity index (χ4v) is 2.25. The third kappa shape index (κ3) is 2.40. The topological polar surface area (TPSA) is 43.2 Å². The summed E-state index contributed by atoms with van der Waals surface area (Å²) < 4.78 is 0. The van der Waals surface area contributed by atoms with Crippen molar-refractivity contribution >= 4 is 5.69 Å². The fraction of sp³-hybridized carbons (Fsp3) is 0.538. The maximum atomic E-state index is 8.72. The van der Waals surface area contributed by atoms with Gasteiger partial charge < -0.3 is 4.90 Å². The minimum Gasteiger partial charge on any atom is -0.367 e. The Bertz CT molecular complexity index is 408. The second-order valence-corrected chi connectivity index (χ2v) is 4.78. The molecule has 0 saturated carbocycles. The van der Waals surface area contributed by atoms with Gasteiger partial charge in [0.25, 0.3) is 0 Å². The number of hydrogen-bond acceptors (Lipinski definition) is 4. The van der Waals surface area contributed by atoms with Crippen LogP contribution in [0.4, 0.5) is 5.69 Å². The number of nitrogens with zero attached hydrogens (tertiary/aromatic N) is 4. The van der Waals surface area contributed by atoms with Gasteiger partial charge in [-0.1, -0.05) is 0 Å². The van der Waals surface area contributed by atoms with Crippen molar-refractivity contribution in [1.29, 1.82) is 5.26 Å². The van der Waals surface area contributed by atoms with E-state index in [0.29, 0.717) is 17.8 Å². The number of rotatable bonds is 1. The standard InChI is InChI=1S/C13H18N4/c1-10-8-17(9-11(2)16(10)3)13-5-4-12(6-14)15-7-13/h4-5,7,10-11H,8-9H2,1-3H3. The Kier molecular flexibility index (Phi) is 3.30. The van der Waals surface area contributed by atoms with E-state index >= 15 is 0 Å². The van der Waals surface area contributed by atoms with Gasteiger partial charge in [-0.05, 0) is 33.0 Å². The predicted octanol–water partition coefficient (Wildman–Crippen LogP) is 1.48. The van der Waals surface area contributed by atoms with Crippen LogP contribution in [0.15, 0.2) is 18.3 Å². The van der Waals surface area contributed by atoms with Crippen molar-refractivity contribution in [1.82, 2.24) is 9.88 Å². The molecular weight excluding hydrogens is 212 g/mol. The lowest BCUT2D eigenvalue weighted by atomic mass is 10.1. The molecule has 1 aromatic rings. The molecule has 0 N–H and O–H groups in total. The quantitative estimate of drug-likeness (QED) is 0.733. The van der Waals surface area contributed by atoms with E-state index in [1.165, 1.54) is 0 Å². The number of likely N-dealkylation sites (N-methyl/N-ethyl adjacent to an activating group) is 1. The lowest BCUT2D eigenvalue weighted by Gasteiger charge is -2.43. The minimum atomic E-state index is 0.476. The largest absolute Gasteiger partial charge is 0.367 e. The van der Waals surface area contributed by atoms with Gasteiger partial charge in [0.15, 0.2) is 0 Å². The van der Waals surface area contributed by atoms with E-state index in [4.69, 9.17) is 5.26 Å². The van der Waals surface area contributed by atoms with Crippen LogP contribution in [0.2, 0.25) is 0 Å². The molecule has 1 aliphatic rings. The van der Waals surface area contributed by atoms with Crippen LogP contribution < -0.4 is 4.90 Å². The SMILES string of the molecule is CC1CN(c2ccc(C#N)nc2)CC(C)N1C.